The van der Waals surface area contributed by atoms with Gasteiger partial charge in [-0.05, 0) is 37.1 Å². The Hall–Kier alpha value is -0.600. The normalized spacial score (nSPS) is 12.0. The Morgan fingerprint density at radius 1 is 1.42 bits per heavy atom. The van der Waals surface area contributed by atoms with Crippen molar-refractivity contribution in [1.82, 2.24) is 0 Å². The van der Waals surface area contributed by atoms with Crippen LogP contribution < -0.4 is 5.73 Å². The third kappa shape index (κ3) is 2.47. The summed E-state index contributed by atoms with van der Waals surface area (Å²) in [5.74, 6) is -0.202. The molecule has 68 valence electrons. The minimum atomic E-state index is -0.202. The molecule has 0 aliphatic carbocycles. The van der Waals surface area contributed by atoms with Gasteiger partial charge in [0.2, 0.25) is 0 Å². The van der Waals surface area contributed by atoms with Crippen molar-refractivity contribution < 1.29 is 4.39 Å². The van der Waals surface area contributed by atoms with Crippen molar-refractivity contribution in [2.24, 2.45) is 5.73 Å². The molecule has 0 radical (unpaired) electrons. The van der Waals surface area contributed by atoms with E-state index in [0.29, 0.717) is 0 Å². The summed E-state index contributed by atoms with van der Waals surface area (Å²) < 4.78 is 12.6. The van der Waals surface area contributed by atoms with E-state index in [0.717, 1.165) is 11.1 Å². The molecular weight excluding hydrogens is 177 g/mol. The molecule has 1 unspecified atom stereocenters. The Labute approximate surface area is 78.2 Å². The predicted octanol–water partition coefficient (Wildman–Crippen LogP) is 2.58. The van der Waals surface area contributed by atoms with E-state index in [4.69, 9.17) is 5.73 Å². The first-order chi connectivity index (χ1) is 5.11. The molecule has 0 spiro atoms. The average Bonchev–Trinajstić information content (AvgIpc) is 1.85. The topological polar surface area (TPSA) is 26.0 Å². The minimum Gasteiger partial charge on any atom is -0.324 e. The number of hydrogen-bond acceptors (Lipinski definition) is 1. The van der Waals surface area contributed by atoms with Crippen LogP contribution in [0.15, 0.2) is 18.2 Å². The molecular formula is C9H13ClFN. The van der Waals surface area contributed by atoms with Crippen LogP contribution in [0.4, 0.5) is 4.39 Å². The SMILES string of the molecule is Cc1cc(F)ccc1C(C)N.Cl. The Bertz CT molecular complexity index is 261. The highest BCUT2D eigenvalue weighted by atomic mass is 35.5. The van der Waals surface area contributed by atoms with Crippen molar-refractivity contribution in [3.05, 3.63) is 35.1 Å². The Balaban J connectivity index is 0.00000121. The molecule has 2 N–H and O–H groups in total. The van der Waals surface area contributed by atoms with Crippen molar-refractivity contribution in [2.45, 2.75) is 19.9 Å². The van der Waals surface area contributed by atoms with Crippen LogP contribution in [0.3, 0.4) is 0 Å². The molecule has 0 aliphatic heterocycles. The summed E-state index contributed by atoms with van der Waals surface area (Å²) in [4.78, 5) is 0. The molecule has 1 rings (SSSR count). The van der Waals surface area contributed by atoms with Gasteiger partial charge in [-0.25, -0.2) is 4.39 Å². The fraction of sp³-hybridized carbons (Fsp3) is 0.333. The van der Waals surface area contributed by atoms with E-state index in [1.165, 1.54) is 12.1 Å². The second-order valence-corrected chi connectivity index (χ2v) is 2.79. The number of nitrogens with two attached hydrogens (primary N) is 1. The Kier molecular flexibility index (Phi) is 4.21. The Morgan fingerprint density at radius 2 is 2.00 bits per heavy atom. The smallest absolute Gasteiger partial charge is 0.123 e. The van der Waals surface area contributed by atoms with Gasteiger partial charge < -0.3 is 5.73 Å². The summed E-state index contributed by atoms with van der Waals surface area (Å²) in [6.45, 7) is 3.75. The van der Waals surface area contributed by atoms with Gasteiger partial charge in [0, 0.05) is 6.04 Å². The van der Waals surface area contributed by atoms with Gasteiger partial charge in [0.15, 0.2) is 0 Å². The first-order valence-corrected chi connectivity index (χ1v) is 3.63. The largest absolute Gasteiger partial charge is 0.324 e. The van der Waals surface area contributed by atoms with Crippen LogP contribution in [0, 0.1) is 12.7 Å². The van der Waals surface area contributed by atoms with Gasteiger partial charge in [0.25, 0.3) is 0 Å². The van der Waals surface area contributed by atoms with E-state index < -0.39 is 0 Å². The molecule has 0 bridgehead atoms. The molecule has 1 aromatic rings. The summed E-state index contributed by atoms with van der Waals surface area (Å²) >= 11 is 0. The second-order valence-electron chi connectivity index (χ2n) is 2.79. The molecule has 3 heteroatoms. The number of benzene rings is 1. The van der Waals surface area contributed by atoms with Crippen LogP contribution in [-0.2, 0) is 0 Å². The van der Waals surface area contributed by atoms with Crippen LogP contribution in [0.5, 0.6) is 0 Å². The molecule has 1 aromatic carbocycles. The summed E-state index contributed by atoms with van der Waals surface area (Å²) in [6.07, 6.45) is 0. The van der Waals surface area contributed by atoms with Gasteiger partial charge in [0.05, 0.1) is 0 Å². The predicted molar refractivity (Wildman–Crippen MR) is 51.0 cm³/mol. The third-order valence-corrected chi connectivity index (χ3v) is 1.72. The fourth-order valence-corrected chi connectivity index (χ4v) is 1.15. The molecule has 0 aliphatic rings. The zero-order valence-corrected chi connectivity index (χ0v) is 7.99. The van der Waals surface area contributed by atoms with Crippen molar-refractivity contribution in [2.75, 3.05) is 0 Å². The van der Waals surface area contributed by atoms with Crippen molar-refractivity contribution >= 4 is 12.4 Å². The second kappa shape index (κ2) is 4.43. The lowest BCUT2D eigenvalue weighted by molar-refractivity contribution is 0.624. The molecule has 1 nitrogen and oxygen atoms in total. The maximum Gasteiger partial charge on any atom is 0.123 e. The third-order valence-electron chi connectivity index (χ3n) is 1.72. The van der Waals surface area contributed by atoms with Crippen LogP contribution >= 0.6 is 12.4 Å². The van der Waals surface area contributed by atoms with E-state index in [1.54, 1.807) is 6.07 Å². The first kappa shape index (κ1) is 11.4. The molecule has 0 amide bonds. The highest BCUT2D eigenvalue weighted by molar-refractivity contribution is 5.85. The number of hydrogen-bond donors (Lipinski definition) is 1. The highest BCUT2D eigenvalue weighted by Crippen LogP contribution is 2.15. The van der Waals surface area contributed by atoms with Crippen molar-refractivity contribution in [3.8, 4) is 0 Å². The maximum absolute atomic E-state index is 12.6. The van der Waals surface area contributed by atoms with E-state index in [2.05, 4.69) is 0 Å². The molecule has 1 atom stereocenters. The molecule has 0 saturated heterocycles. The average molecular weight is 190 g/mol. The summed E-state index contributed by atoms with van der Waals surface area (Å²) in [6, 6.07) is 4.65. The van der Waals surface area contributed by atoms with E-state index >= 15 is 0 Å². The van der Waals surface area contributed by atoms with Gasteiger partial charge in [0.1, 0.15) is 5.82 Å². The van der Waals surface area contributed by atoms with Crippen molar-refractivity contribution in [1.29, 1.82) is 0 Å². The zero-order valence-electron chi connectivity index (χ0n) is 7.17. The lowest BCUT2D eigenvalue weighted by Crippen LogP contribution is -2.06. The van der Waals surface area contributed by atoms with E-state index in [-0.39, 0.29) is 24.3 Å². The zero-order chi connectivity index (χ0) is 8.43. The van der Waals surface area contributed by atoms with Gasteiger partial charge in [-0.1, -0.05) is 6.07 Å². The fourth-order valence-electron chi connectivity index (χ4n) is 1.15. The Morgan fingerprint density at radius 3 is 2.42 bits per heavy atom. The lowest BCUT2D eigenvalue weighted by atomic mass is 10.0. The summed E-state index contributed by atoms with van der Waals surface area (Å²) in [5, 5.41) is 0. The molecule has 0 heterocycles. The summed E-state index contributed by atoms with van der Waals surface area (Å²) in [5.41, 5.74) is 7.56. The standard InChI is InChI=1S/C9H12FN.ClH/c1-6-5-8(10)3-4-9(6)7(2)11;/h3-5,7H,11H2,1-2H3;1H. The number of rotatable bonds is 1. The van der Waals surface area contributed by atoms with Crippen LogP contribution in [-0.4, -0.2) is 0 Å². The molecule has 0 fully saturated rings. The van der Waals surface area contributed by atoms with Gasteiger partial charge in [-0.2, -0.15) is 0 Å². The first-order valence-electron chi connectivity index (χ1n) is 3.63. The van der Waals surface area contributed by atoms with E-state index in [9.17, 15) is 4.39 Å². The van der Waals surface area contributed by atoms with Crippen LogP contribution in [0.25, 0.3) is 0 Å². The maximum atomic E-state index is 12.6. The highest BCUT2D eigenvalue weighted by Gasteiger charge is 2.02. The van der Waals surface area contributed by atoms with Crippen LogP contribution in [0.1, 0.15) is 24.1 Å². The lowest BCUT2D eigenvalue weighted by Gasteiger charge is -2.08. The quantitative estimate of drug-likeness (QED) is 0.722. The van der Waals surface area contributed by atoms with Crippen molar-refractivity contribution in [3.63, 3.8) is 0 Å². The number of halogens is 2. The van der Waals surface area contributed by atoms with E-state index in [1.807, 2.05) is 13.8 Å². The van der Waals surface area contributed by atoms with Gasteiger partial charge >= 0.3 is 0 Å². The monoisotopic (exact) mass is 189 g/mol. The molecule has 0 aromatic heterocycles. The van der Waals surface area contributed by atoms with Gasteiger partial charge in [-0.3, -0.25) is 0 Å². The minimum absolute atomic E-state index is 0. The molecule has 12 heavy (non-hydrogen) atoms. The number of aryl methyl sites for hydroxylation is 1. The summed E-state index contributed by atoms with van der Waals surface area (Å²) in [7, 11) is 0. The molecule has 0 saturated carbocycles. The van der Waals surface area contributed by atoms with Gasteiger partial charge in [-0.15, -0.1) is 12.4 Å². The van der Waals surface area contributed by atoms with Crippen LogP contribution in [0.2, 0.25) is 0 Å².